The van der Waals surface area contributed by atoms with E-state index in [1.807, 2.05) is 18.4 Å². The van der Waals surface area contributed by atoms with Crippen LogP contribution in [0.1, 0.15) is 32.9 Å². The van der Waals surface area contributed by atoms with Gasteiger partial charge in [0.05, 0.1) is 12.9 Å². The van der Waals surface area contributed by atoms with Crippen LogP contribution in [-0.2, 0) is 14.2 Å². The van der Waals surface area contributed by atoms with E-state index in [1.54, 1.807) is 6.33 Å². The van der Waals surface area contributed by atoms with Gasteiger partial charge in [0, 0.05) is 6.54 Å². The molecule has 2 saturated heterocycles. The molecule has 2 aliphatic rings. The lowest BCUT2D eigenvalue weighted by molar-refractivity contribution is -0.199. The maximum absolute atomic E-state index is 9.67. The SMILES string of the molecule is CC1(C)OC2C(O1)[C@@H](CO)O[C@H]2n1cnc2c(NCCCCN)ncnc21. The Balaban J connectivity index is 1.61. The number of anilines is 1. The van der Waals surface area contributed by atoms with Gasteiger partial charge < -0.3 is 30.4 Å². The Labute approximate surface area is 157 Å². The van der Waals surface area contributed by atoms with Crippen LogP contribution in [0.3, 0.4) is 0 Å². The van der Waals surface area contributed by atoms with Crippen molar-refractivity contribution in [3.8, 4) is 0 Å². The third-order valence-electron chi connectivity index (χ3n) is 4.86. The first-order valence-corrected chi connectivity index (χ1v) is 9.27. The van der Waals surface area contributed by atoms with Crippen LogP contribution < -0.4 is 11.1 Å². The van der Waals surface area contributed by atoms with Crippen molar-refractivity contribution >= 4 is 17.0 Å². The third kappa shape index (κ3) is 3.39. The average molecular weight is 378 g/mol. The van der Waals surface area contributed by atoms with Gasteiger partial charge >= 0.3 is 0 Å². The van der Waals surface area contributed by atoms with E-state index in [-0.39, 0.29) is 18.8 Å². The van der Waals surface area contributed by atoms with E-state index in [1.165, 1.54) is 6.33 Å². The summed E-state index contributed by atoms with van der Waals surface area (Å²) in [5.41, 5.74) is 6.84. The second kappa shape index (κ2) is 7.28. The quantitative estimate of drug-likeness (QED) is 0.586. The topological polar surface area (TPSA) is 130 Å². The van der Waals surface area contributed by atoms with Crippen LogP contribution >= 0.6 is 0 Å². The maximum atomic E-state index is 9.67. The van der Waals surface area contributed by atoms with Crippen molar-refractivity contribution in [2.24, 2.45) is 5.73 Å². The number of ether oxygens (including phenoxy) is 3. The van der Waals surface area contributed by atoms with Crippen LogP contribution in [0.5, 0.6) is 0 Å². The van der Waals surface area contributed by atoms with Crippen molar-refractivity contribution < 1.29 is 19.3 Å². The van der Waals surface area contributed by atoms with Gasteiger partial charge in [0.25, 0.3) is 0 Å². The number of nitrogens with one attached hydrogen (secondary N) is 1. The van der Waals surface area contributed by atoms with Crippen molar-refractivity contribution in [2.75, 3.05) is 25.0 Å². The molecule has 10 nitrogen and oxygen atoms in total. The number of aliphatic hydroxyl groups is 1. The number of aromatic nitrogens is 4. The van der Waals surface area contributed by atoms with Gasteiger partial charge in [0.15, 0.2) is 29.0 Å². The summed E-state index contributed by atoms with van der Waals surface area (Å²) in [6.07, 6.45) is 3.42. The summed E-state index contributed by atoms with van der Waals surface area (Å²) in [6.45, 7) is 5.00. The van der Waals surface area contributed by atoms with E-state index >= 15 is 0 Å². The third-order valence-corrected chi connectivity index (χ3v) is 4.86. The predicted molar refractivity (Wildman–Crippen MR) is 96.9 cm³/mol. The summed E-state index contributed by atoms with van der Waals surface area (Å²) < 4.78 is 19.8. The van der Waals surface area contributed by atoms with Gasteiger partial charge in [0.1, 0.15) is 24.6 Å². The number of fused-ring (bicyclic) bond motifs is 2. The van der Waals surface area contributed by atoms with Gasteiger partial charge in [-0.1, -0.05) is 0 Å². The summed E-state index contributed by atoms with van der Waals surface area (Å²) in [5.74, 6) is -0.0563. The summed E-state index contributed by atoms with van der Waals surface area (Å²) in [4.78, 5) is 13.2. The second-order valence-electron chi connectivity index (χ2n) is 7.28. The largest absolute Gasteiger partial charge is 0.394 e. The molecule has 2 aromatic heterocycles. The molecule has 10 heteroatoms. The minimum absolute atomic E-state index is 0.146. The molecule has 0 aromatic carbocycles. The van der Waals surface area contributed by atoms with E-state index < -0.39 is 18.1 Å². The molecule has 0 aliphatic carbocycles. The lowest BCUT2D eigenvalue weighted by Gasteiger charge is -2.24. The molecular formula is C17H26N6O4. The molecule has 0 bridgehead atoms. The molecule has 0 amide bonds. The van der Waals surface area contributed by atoms with Gasteiger partial charge in [-0.05, 0) is 33.2 Å². The Morgan fingerprint density at radius 1 is 1.22 bits per heavy atom. The Morgan fingerprint density at radius 2 is 2.04 bits per heavy atom. The van der Waals surface area contributed by atoms with Crippen molar-refractivity contribution in [1.82, 2.24) is 19.5 Å². The Kier molecular flexibility index (Phi) is 4.99. The standard InChI is InChI=1S/C17H26N6O4/c1-17(2)26-12-10(7-24)25-16(13(12)27-17)23-9-22-11-14(19-6-4-3-5-18)20-8-21-15(11)23/h8-10,12-13,16,24H,3-7,18H2,1-2H3,(H,19,20,21)/t10-,12?,13?,16-/m1/s1. The molecule has 2 aliphatic heterocycles. The number of imidazole rings is 1. The lowest BCUT2D eigenvalue weighted by atomic mass is 10.1. The number of aliphatic hydroxyl groups excluding tert-OH is 1. The zero-order chi connectivity index (χ0) is 19.0. The Hall–Kier alpha value is -1.85. The van der Waals surface area contributed by atoms with Crippen LogP contribution in [0.2, 0.25) is 0 Å². The minimum atomic E-state index is -0.730. The zero-order valence-electron chi connectivity index (χ0n) is 15.5. The number of hydrogen-bond donors (Lipinski definition) is 3. The summed E-state index contributed by atoms with van der Waals surface area (Å²) in [5, 5.41) is 13.0. The highest BCUT2D eigenvalue weighted by Crippen LogP contribution is 2.43. The van der Waals surface area contributed by atoms with Crippen molar-refractivity contribution in [3.63, 3.8) is 0 Å². The predicted octanol–water partition coefficient (Wildman–Crippen LogP) is 0.387. The monoisotopic (exact) mass is 378 g/mol. The maximum Gasteiger partial charge on any atom is 0.167 e. The normalized spacial score (nSPS) is 29.3. The van der Waals surface area contributed by atoms with Crippen LogP contribution in [0.25, 0.3) is 11.2 Å². The average Bonchev–Trinajstić information content (AvgIpc) is 3.29. The fourth-order valence-electron chi connectivity index (χ4n) is 3.67. The molecule has 4 atom stereocenters. The molecule has 2 aromatic rings. The molecule has 0 radical (unpaired) electrons. The fourth-order valence-corrected chi connectivity index (χ4v) is 3.67. The lowest BCUT2D eigenvalue weighted by Crippen LogP contribution is -2.31. The van der Waals surface area contributed by atoms with Gasteiger partial charge in [-0.15, -0.1) is 0 Å². The highest BCUT2D eigenvalue weighted by Gasteiger charge is 2.55. The Bertz CT molecular complexity index is 797. The first-order chi connectivity index (χ1) is 13.0. The van der Waals surface area contributed by atoms with Crippen LogP contribution in [0, 0.1) is 0 Å². The number of nitrogens with zero attached hydrogens (tertiary/aromatic N) is 4. The number of rotatable bonds is 7. The zero-order valence-corrected chi connectivity index (χ0v) is 15.5. The molecular weight excluding hydrogens is 352 g/mol. The molecule has 148 valence electrons. The van der Waals surface area contributed by atoms with E-state index in [0.29, 0.717) is 23.5 Å². The minimum Gasteiger partial charge on any atom is -0.394 e. The molecule has 4 heterocycles. The summed E-state index contributed by atoms with van der Waals surface area (Å²) in [6, 6.07) is 0. The summed E-state index contributed by atoms with van der Waals surface area (Å²) in [7, 11) is 0. The summed E-state index contributed by atoms with van der Waals surface area (Å²) >= 11 is 0. The number of nitrogens with two attached hydrogens (primary N) is 1. The molecule has 2 fully saturated rings. The first kappa shape index (κ1) is 18.5. The van der Waals surface area contributed by atoms with Crippen molar-refractivity contribution in [2.45, 2.75) is 57.0 Å². The van der Waals surface area contributed by atoms with E-state index in [4.69, 9.17) is 19.9 Å². The molecule has 0 saturated carbocycles. The van der Waals surface area contributed by atoms with Gasteiger partial charge in [-0.25, -0.2) is 15.0 Å². The first-order valence-electron chi connectivity index (χ1n) is 9.27. The van der Waals surface area contributed by atoms with Gasteiger partial charge in [-0.2, -0.15) is 0 Å². The smallest absolute Gasteiger partial charge is 0.167 e. The van der Waals surface area contributed by atoms with E-state index in [2.05, 4.69) is 20.3 Å². The van der Waals surface area contributed by atoms with E-state index in [0.717, 1.165) is 19.4 Å². The highest BCUT2D eigenvalue weighted by molar-refractivity contribution is 5.82. The van der Waals surface area contributed by atoms with Gasteiger partial charge in [0.2, 0.25) is 0 Å². The van der Waals surface area contributed by atoms with Gasteiger partial charge in [-0.3, -0.25) is 4.57 Å². The highest BCUT2D eigenvalue weighted by atomic mass is 16.8. The molecule has 4 rings (SSSR count). The van der Waals surface area contributed by atoms with Crippen LogP contribution in [0.15, 0.2) is 12.7 Å². The molecule has 27 heavy (non-hydrogen) atoms. The van der Waals surface area contributed by atoms with Crippen molar-refractivity contribution in [1.29, 1.82) is 0 Å². The number of unbranched alkanes of at least 4 members (excludes halogenated alkanes) is 1. The Morgan fingerprint density at radius 3 is 2.81 bits per heavy atom. The second-order valence-corrected chi connectivity index (χ2v) is 7.28. The molecule has 2 unspecified atom stereocenters. The fraction of sp³-hybridized carbons (Fsp3) is 0.706. The van der Waals surface area contributed by atoms with Crippen LogP contribution in [0.4, 0.5) is 5.82 Å². The molecule has 4 N–H and O–H groups in total. The number of hydrogen-bond acceptors (Lipinski definition) is 9. The van der Waals surface area contributed by atoms with Crippen molar-refractivity contribution in [3.05, 3.63) is 12.7 Å². The molecule has 0 spiro atoms. The van der Waals surface area contributed by atoms with Crippen LogP contribution in [-0.4, -0.2) is 68.4 Å². The van der Waals surface area contributed by atoms with E-state index in [9.17, 15) is 5.11 Å².